The second-order valence-corrected chi connectivity index (χ2v) is 21.3. The van der Waals surface area contributed by atoms with Crippen molar-refractivity contribution in [2.75, 3.05) is 0 Å². The molecule has 0 aliphatic rings. The first-order chi connectivity index (χ1) is 37.8. The molecule has 0 saturated heterocycles. The van der Waals surface area contributed by atoms with E-state index < -0.39 is 0 Å². The summed E-state index contributed by atoms with van der Waals surface area (Å²) in [5, 5.41) is 37.1. The molecule has 0 atom stereocenters. The van der Waals surface area contributed by atoms with Gasteiger partial charge in [0.1, 0.15) is 0 Å². The van der Waals surface area contributed by atoms with Gasteiger partial charge < -0.3 is 0 Å². The summed E-state index contributed by atoms with van der Waals surface area (Å²) >= 11 is 0. The minimum atomic E-state index is 1.17. The van der Waals surface area contributed by atoms with Crippen molar-refractivity contribution in [3.05, 3.63) is 231 Å². The van der Waals surface area contributed by atoms with Crippen LogP contribution < -0.4 is 0 Å². The molecule has 2 nitrogen and oxygen atoms in total. The van der Waals surface area contributed by atoms with Crippen molar-refractivity contribution in [2.24, 2.45) is 0 Å². The third-order valence-electron chi connectivity index (χ3n) is 17.9. The summed E-state index contributed by atoms with van der Waals surface area (Å²) in [7, 11) is 0. The van der Waals surface area contributed by atoms with Gasteiger partial charge in [-0.25, -0.2) is 0 Å². The van der Waals surface area contributed by atoms with E-state index in [-0.39, 0.29) is 0 Å². The lowest BCUT2D eigenvalue weighted by atomic mass is 9.87. The number of hydrogen-bond acceptors (Lipinski definition) is 2. The average Bonchev–Trinajstić information content (AvgIpc) is 4.38. The van der Waals surface area contributed by atoms with Gasteiger partial charge >= 0.3 is 0 Å². The predicted molar refractivity (Wildman–Crippen MR) is 325 cm³/mol. The molecule has 0 radical (unpaired) electrons. The first-order valence-electron chi connectivity index (χ1n) is 26.4. The minimum absolute atomic E-state index is 1.17. The molecule has 0 saturated carbocycles. The zero-order chi connectivity index (χ0) is 49.1. The van der Waals surface area contributed by atoms with Crippen LogP contribution in [0.5, 0.6) is 0 Å². The van der Waals surface area contributed by atoms with Crippen LogP contribution in [0.15, 0.2) is 231 Å². The Morgan fingerprint density at radius 1 is 0.158 bits per heavy atom. The monoisotopic (exact) mass is 954 g/mol. The van der Waals surface area contributed by atoms with E-state index in [1.165, 1.54) is 195 Å². The Hall–Kier alpha value is -10.0. The quantitative estimate of drug-likeness (QED) is 0.130. The third-order valence-corrected chi connectivity index (χ3v) is 17.9. The van der Waals surface area contributed by atoms with Crippen LogP contribution in [0.2, 0.25) is 0 Å². The highest BCUT2D eigenvalue weighted by atomic mass is 14.6. The Balaban J connectivity index is 0.992. The summed E-state index contributed by atoms with van der Waals surface area (Å²) in [5.74, 6) is 0. The SMILES string of the molecule is c1ccc(-c2c3cc(-c4ccncc4)cc4c5ccccc5c(c34)c3c4ccc5c6ccc7c8c(-c9ccccc9)c9cc(-c%10ccncc%10)cc%10c%11ccccc%11c(c9%10)c8c8ccc(c9ccc(c23)c4c95)c6c78)cc1. The van der Waals surface area contributed by atoms with E-state index >= 15 is 0 Å². The molecule has 0 N–H and O–H groups in total. The second-order valence-electron chi connectivity index (χ2n) is 21.3. The average molecular weight is 955 g/mol. The molecule has 0 unspecified atom stereocenters. The molecule has 0 fully saturated rings. The van der Waals surface area contributed by atoms with Gasteiger partial charge in [0.25, 0.3) is 0 Å². The number of aromatic nitrogens is 2. The van der Waals surface area contributed by atoms with Crippen molar-refractivity contribution >= 4 is 151 Å². The van der Waals surface area contributed by atoms with Gasteiger partial charge in [0.2, 0.25) is 0 Å². The maximum Gasteiger partial charge on any atom is 0.0273 e. The van der Waals surface area contributed by atoms with E-state index in [0.29, 0.717) is 0 Å². The van der Waals surface area contributed by atoms with Crippen molar-refractivity contribution in [2.45, 2.75) is 0 Å². The van der Waals surface area contributed by atoms with E-state index in [0.717, 1.165) is 0 Å². The Labute approximate surface area is 434 Å². The van der Waals surface area contributed by atoms with Crippen LogP contribution >= 0.6 is 0 Å². The Morgan fingerprint density at radius 3 is 0.829 bits per heavy atom. The number of fused-ring (bicyclic) bond motifs is 16. The lowest BCUT2D eigenvalue weighted by molar-refractivity contribution is 1.33. The van der Waals surface area contributed by atoms with Crippen LogP contribution in [-0.2, 0) is 0 Å². The van der Waals surface area contributed by atoms with Gasteiger partial charge in [0.05, 0.1) is 0 Å². The molecular formula is C74H38N2. The largest absolute Gasteiger partial charge is 0.265 e. The van der Waals surface area contributed by atoms with Crippen molar-refractivity contribution in [1.29, 1.82) is 0 Å². The molecule has 0 aliphatic carbocycles. The minimum Gasteiger partial charge on any atom is -0.265 e. The fourth-order valence-corrected chi connectivity index (χ4v) is 15.1. The lowest BCUT2D eigenvalue weighted by Gasteiger charge is -2.15. The van der Waals surface area contributed by atoms with E-state index in [1.54, 1.807) is 0 Å². The van der Waals surface area contributed by atoms with Crippen LogP contribution in [0.1, 0.15) is 0 Å². The number of benzene rings is 13. The van der Waals surface area contributed by atoms with Gasteiger partial charge in [0, 0.05) is 24.8 Å². The number of nitrogens with zero attached hydrogens (tertiary/aromatic N) is 2. The fourth-order valence-electron chi connectivity index (χ4n) is 15.1. The second kappa shape index (κ2) is 14.0. The van der Waals surface area contributed by atoms with Gasteiger partial charge in [-0.05, 0) is 244 Å². The van der Waals surface area contributed by atoms with Gasteiger partial charge in [-0.1, -0.05) is 158 Å². The van der Waals surface area contributed by atoms with Crippen molar-refractivity contribution in [3.8, 4) is 44.5 Å². The van der Waals surface area contributed by atoms with Crippen molar-refractivity contribution in [1.82, 2.24) is 9.97 Å². The molecule has 2 heterocycles. The zero-order valence-corrected chi connectivity index (χ0v) is 40.8. The van der Waals surface area contributed by atoms with Gasteiger partial charge in [-0.3, -0.25) is 9.97 Å². The first-order valence-corrected chi connectivity index (χ1v) is 26.4. The van der Waals surface area contributed by atoms with Crippen LogP contribution in [-0.4, -0.2) is 9.97 Å². The lowest BCUT2D eigenvalue weighted by Crippen LogP contribution is -1.87. The Kier molecular flexibility index (Phi) is 7.26. The van der Waals surface area contributed by atoms with Crippen LogP contribution in [0, 0.1) is 0 Å². The van der Waals surface area contributed by atoms with Crippen molar-refractivity contribution in [3.63, 3.8) is 0 Å². The maximum atomic E-state index is 4.40. The van der Waals surface area contributed by atoms with Crippen LogP contribution in [0.3, 0.4) is 0 Å². The number of hydrogen-bond donors (Lipinski definition) is 0. The highest BCUT2D eigenvalue weighted by Crippen LogP contribution is 2.59. The number of rotatable bonds is 4. The third kappa shape index (κ3) is 4.72. The molecule has 0 amide bonds. The predicted octanol–water partition coefficient (Wildman–Crippen LogP) is 20.5. The molecule has 19 aromatic rings. The van der Waals surface area contributed by atoms with Gasteiger partial charge in [0.15, 0.2) is 0 Å². The Bertz CT molecular complexity index is 5280. The summed E-state index contributed by atoms with van der Waals surface area (Å²) in [6, 6.07) is 78.6. The van der Waals surface area contributed by atoms with Gasteiger partial charge in [-0.15, -0.1) is 0 Å². The molecule has 19 rings (SSSR count). The summed E-state index contributed by atoms with van der Waals surface area (Å²) in [5.41, 5.74) is 9.83. The number of pyridine rings is 2. The van der Waals surface area contributed by atoms with E-state index in [9.17, 15) is 0 Å². The van der Waals surface area contributed by atoms with E-state index in [2.05, 4.69) is 216 Å². The van der Waals surface area contributed by atoms with Crippen molar-refractivity contribution < 1.29 is 0 Å². The normalized spacial score (nSPS) is 12.7. The first kappa shape index (κ1) is 39.5. The molecular weight excluding hydrogens is 917 g/mol. The molecule has 0 spiro atoms. The smallest absolute Gasteiger partial charge is 0.0273 e. The van der Waals surface area contributed by atoms with E-state index in [4.69, 9.17) is 0 Å². The zero-order valence-electron chi connectivity index (χ0n) is 40.8. The van der Waals surface area contributed by atoms with Crippen LogP contribution in [0.4, 0.5) is 0 Å². The van der Waals surface area contributed by atoms with Crippen LogP contribution in [0.25, 0.3) is 195 Å². The molecule has 2 heteroatoms. The van der Waals surface area contributed by atoms with E-state index in [1.807, 2.05) is 24.8 Å². The summed E-state index contributed by atoms with van der Waals surface area (Å²) < 4.78 is 0. The highest BCUT2D eigenvalue weighted by Gasteiger charge is 2.30. The molecule has 2 aromatic heterocycles. The molecule has 0 aliphatic heterocycles. The summed E-state index contributed by atoms with van der Waals surface area (Å²) in [4.78, 5) is 8.81. The summed E-state index contributed by atoms with van der Waals surface area (Å²) in [6.45, 7) is 0. The van der Waals surface area contributed by atoms with Gasteiger partial charge in [-0.2, -0.15) is 0 Å². The standard InChI is InChI=1S/C74H38N2/c1-3-11-41(12-4-1)61-59-37-43(39-27-31-75-32-28-39)35-57-45-15-7-9-17-47(45)69(67(57)59)73-55-25-21-51-50-20-24-54-66-56(26-22-52(64(50)66)49-19-23-53(71(61)73)65(55)63(49)51)74-70-48-18-10-8-16-46(48)58-36-44(40-29-33-76-34-30-40)38-60(68(58)70)62(72(54)74)42-13-5-2-6-14-42/h1-38H. The maximum absolute atomic E-state index is 4.40. The molecule has 344 valence electrons. The molecule has 0 bridgehead atoms. The Morgan fingerprint density at radius 2 is 0.434 bits per heavy atom. The molecule has 17 aromatic carbocycles. The summed E-state index contributed by atoms with van der Waals surface area (Å²) in [6.07, 6.45) is 7.64. The highest BCUT2D eigenvalue weighted by molar-refractivity contribution is 6.54. The fraction of sp³-hybridized carbons (Fsp3) is 0. The topological polar surface area (TPSA) is 25.8 Å². The molecule has 76 heavy (non-hydrogen) atoms.